The number of aliphatic hydroxyl groups is 2. The number of rotatable bonds is 10. The Bertz CT molecular complexity index is 1390. The van der Waals surface area contributed by atoms with Crippen LogP contribution in [0, 0.1) is 11.3 Å². The monoisotopic (exact) mass is 580 g/mol. The second kappa shape index (κ2) is 13.0. The van der Waals surface area contributed by atoms with E-state index in [1.807, 2.05) is 77.7 Å². The van der Waals surface area contributed by atoms with Crippen LogP contribution < -0.4 is 5.32 Å². The second-order valence-corrected chi connectivity index (χ2v) is 13.1. The minimum Gasteiger partial charge on any atom is -0.391 e. The highest BCUT2D eigenvalue weighted by Gasteiger charge is 2.51. The van der Waals surface area contributed by atoms with Gasteiger partial charge in [0.25, 0.3) is 0 Å². The molecule has 6 rings (SSSR count). The molecule has 6 heteroatoms. The summed E-state index contributed by atoms with van der Waals surface area (Å²) in [6.07, 6.45) is 6.48. The summed E-state index contributed by atoms with van der Waals surface area (Å²) in [5.41, 5.74) is 3.90. The molecule has 1 saturated carbocycles. The van der Waals surface area contributed by atoms with Gasteiger partial charge in [0.2, 0.25) is 11.8 Å². The number of fused-ring (bicyclic) bond motifs is 1. The molecule has 43 heavy (non-hydrogen) atoms. The van der Waals surface area contributed by atoms with Crippen LogP contribution in [0.5, 0.6) is 0 Å². The van der Waals surface area contributed by atoms with Crippen LogP contribution in [0.1, 0.15) is 73.2 Å². The molecular weight excluding hydrogens is 536 g/mol. The Morgan fingerprint density at radius 3 is 2.28 bits per heavy atom. The molecule has 5 atom stereocenters. The van der Waals surface area contributed by atoms with Crippen molar-refractivity contribution in [3.63, 3.8) is 0 Å². The Morgan fingerprint density at radius 2 is 1.56 bits per heavy atom. The van der Waals surface area contributed by atoms with Gasteiger partial charge < -0.3 is 20.4 Å². The lowest BCUT2D eigenvalue weighted by atomic mass is 9.72. The molecule has 0 radical (unpaired) electrons. The van der Waals surface area contributed by atoms with Crippen LogP contribution in [0.4, 0.5) is 0 Å². The van der Waals surface area contributed by atoms with Crippen LogP contribution in [0.3, 0.4) is 0 Å². The number of carbonyl (C=O) groups excluding carboxylic acids is 2. The van der Waals surface area contributed by atoms with Crippen LogP contribution in [0.25, 0.3) is 0 Å². The van der Waals surface area contributed by atoms with Crippen molar-refractivity contribution in [1.82, 2.24) is 10.2 Å². The van der Waals surface area contributed by atoms with Gasteiger partial charge in [-0.25, -0.2) is 0 Å². The van der Waals surface area contributed by atoms with E-state index in [9.17, 15) is 19.8 Å². The predicted octanol–water partition coefficient (Wildman–Crippen LogP) is 5.16. The third-order valence-electron chi connectivity index (χ3n) is 10.1. The van der Waals surface area contributed by atoms with Crippen LogP contribution in [-0.2, 0) is 28.9 Å². The summed E-state index contributed by atoms with van der Waals surface area (Å²) in [7, 11) is 0. The van der Waals surface area contributed by atoms with E-state index in [0.29, 0.717) is 12.8 Å². The van der Waals surface area contributed by atoms with Crippen molar-refractivity contribution in [1.29, 1.82) is 0 Å². The summed E-state index contributed by atoms with van der Waals surface area (Å²) < 4.78 is 0. The Morgan fingerprint density at radius 1 is 0.907 bits per heavy atom. The van der Waals surface area contributed by atoms with Crippen molar-refractivity contribution in [2.75, 3.05) is 6.54 Å². The van der Waals surface area contributed by atoms with Gasteiger partial charge in [-0.2, -0.15) is 0 Å². The molecule has 3 aliphatic rings. The SMILES string of the molecule is O=C(N[C@H]1c2ccccc2C[C@H]1O)[C@H](Cc1ccccc1)C[C@H](O)CN1C(=O)C2(CCCCC2)C[C@@H]1Cc1ccccc1. The quantitative estimate of drug-likeness (QED) is 0.309. The largest absolute Gasteiger partial charge is 0.391 e. The molecule has 0 unspecified atom stereocenters. The minimum atomic E-state index is -0.846. The predicted molar refractivity (Wildman–Crippen MR) is 167 cm³/mol. The van der Waals surface area contributed by atoms with Crippen LogP contribution in [0.2, 0.25) is 0 Å². The van der Waals surface area contributed by atoms with Gasteiger partial charge in [-0.3, -0.25) is 9.59 Å². The first kappa shape index (κ1) is 29.6. The van der Waals surface area contributed by atoms with E-state index in [4.69, 9.17) is 0 Å². The van der Waals surface area contributed by atoms with E-state index in [1.54, 1.807) is 0 Å². The fourth-order valence-electron chi connectivity index (χ4n) is 7.90. The van der Waals surface area contributed by atoms with E-state index in [1.165, 1.54) is 12.0 Å². The Labute approximate surface area is 255 Å². The fourth-order valence-corrected chi connectivity index (χ4v) is 7.90. The van der Waals surface area contributed by atoms with Gasteiger partial charge in [0, 0.05) is 24.9 Å². The molecule has 2 fully saturated rings. The number of nitrogens with one attached hydrogen (secondary N) is 1. The Balaban J connectivity index is 1.19. The zero-order valence-corrected chi connectivity index (χ0v) is 24.9. The molecule has 2 aliphatic carbocycles. The number of hydrogen-bond acceptors (Lipinski definition) is 4. The number of aliphatic hydroxyl groups excluding tert-OH is 2. The zero-order chi connectivity index (χ0) is 29.8. The molecule has 1 saturated heterocycles. The van der Waals surface area contributed by atoms with Crippen molar-refractivity contribution in [2.24, 2.45) is 11.3 Å². The summed E-state index contributed by atoms with van der Waals surface area (Å²) in [6.45, 7) is 0.228. The maximum atomic E-state index is 14.0. The van der Waals surface area contributed by atoms with Crippen LogP contribution >= 0.6 is 0 Å². The molecule has 2 amide bonds. The van der Waals surface area contributed by atoms with E-state index in [2.05, 4.69) is 17.4 Å². The van der Waals surface area contributed by atoms with Gasteiger partial charge in [0.05, 0.1) is 23.7 Å². The third kappa shape index (κ3) is 6.56. The average Bonchev–Trinajstić information content (AvgIpc) is 3.46. The maximum absolute atomic E-state index is 14.0. The topological polar surface area (TPSA) is 89.9 Å². The number of likely N-dealkylation sites (tertiary alicyclic amines) is 1. The zero-order valence-electron chi connectivity index (χ0n) is 24.9. The summed E-state index contributed by atoms with van der Waals surface area (Å²) in [5, 5.41) is 25.5. The van der Waals surface area contributed by atoms with Crippen molar-refractivity contribution >= 4 is 11.8 Å². The molecule has 0 aromatic heterocycles. The first-order valence-electron chi connectivity index (χ1n) is 16.0. The molecule has 6 nitrogen and oxygen atoms in total. The van der Waals surface area contributed by atoms with Crippen LogP contribution in [-0.4, -0.2) is 51.7 Å². The lowest BCUT2D eigenvalue weighted by molar-refractivity contribution is -0.139. The van der Waals surface area contributed by atoms with Crippen LogP contribution in [0.15, 0.2) is 84.9 Å². The van der Waals surface area contributed by atoms with E-state index in [-0.39, 0.29) is 36.2 Å². The lowest BCUT2D eigenvalue weighted by Crippen LogP contribution is -2.44. The lowest BCUT2D eigenvalue weighted by Gasteiger charge is -2.32. The first-order chi connectivity index (χ1) is 20.9. The first-order valence-corrected chi connectivity index (χ1v) is 16.0. The molecule has 1 heterocycles. The van der Waals surface area contributed by atoms with Gasteiger partial charge in [0.1, 0.15) is 0 Å². The third-order valence-corrected chi connectivity index (χ3v) is 10.1. The van der Waals surface area contributed by atoms with Crippen molar-refractivity contribution in [3.05, 3.63) is 107 Å². The minimum absolute atomic E-state index is 0.0363. The number of carbonyl (C=O) groups is 2. The smallest absolute Gasteiger partial charge is 0.229 e. The maximum Gasteiger partial charge on any atom is 0.229 e. The summed E-state index contributed by atoms with van der Waals surface area (Å²) in [5.74, 6) is -0.505. The fraction of sp³-hybridized carbons (Fsp3) is 0.459. The summed E-state index contributed by atoms with van der Waals surface area (Å²) in [6, 6.07) is 27.6. The van der Waals surface area contributed by atoms with Crippen molar-refractivity contribution in [2.45, 2.75) is 88.5 Å². The molecule has 1 aliphatic heterocycles. The normalized spacial score (nSPS) is 24.1. The standard InChI is InChI=1S/C37H44N2O4/c40-31(25-39-30(21-27-14-6-2-7-15-27)24-37(36(39)43)18-10-3-11-19-37)22-29(20-26-12-4-1-5-13-26)35(42)38-34-32-17-9-8-16-28(32)23-33(34)41/h1-2,4-9,12-17,29-31,33-34,40-41H,3,10-11,18-25H2,(H,38,42)/t29-,30+,31+,33-,34+/m1/s1. The molecular formula is C37H44N2O4. The van der Waals surface area contributed by atoms with E-state index >= 15 is 0 Å². The molecule has 3 aromatic rings. The highest BCUT2D eigenvalue weighted by atomic mass is 16.3. The number of hydrogen-bond donors (Lipinski definition) is 3. The highest BCUT2D eigenvalue weighted by molar-refractivity contribution is 5.85. The molecule has 3 N–H and O–H groups in total. The second-order valence-electron chi connectivity index (χ2n) is 13.1. The molecule has 1 spiro atoms. The number of nitrogens with zero attached hydrogens (tertiary/aromatic N) is 1. The van der Waals surface area contributed by atoms with Gasteiger partial charge in [-0.15, -0.1) is 0 Å². The Hall–Kier alpha value is -3.48. The Kier molecular flexibility index (Phi) is 8.96. The average molecular weight is 581 g/mol. The molecule has 226 valence electrons. The number of amides is 2. The van der Waals surface area contributed by atoms with Gasteiger partial charge in [-0.1, -0.05) is 104 Å². The van der Waals surface area contributed by atoms with Gasteiger partial charge >= 0.3 is 0 Å². The van der Waals surface area contributed by atoms with E-state index in [0.717, 1.165) is 55.2 Å². The number of benzene rings is 3. The van der Waals surface area contributed by atoms with Crippen molar-refractivity contribution < 1.29 is 19.8 Å². The summed E-state index contributed by atoms with van der Waals surface area (Å²) >= 11 is 0. The molecule has 0 bridgehead atoms. The van der Waals surface area contributed by atoms with E-state index < -0.39 is 24.2 Å². The highest BCUT2D eigenvalue weighted by Crippen LogP contribution is 2.48. The van der Waals surface area contributed by atoms with Crippen molar-refractivity contribution in [3.8, 4) is 0 Å². The van der Waals surface area contributed by atoms with Gasteiger partial charge in [0.15, 0.2) is 0 Å². The number of β-amino-alcohol motifs (C(OH)–C–C–N with tert-alkyl or cyclic N) is 1. The van der Waals surface area contributed by atoms with Gasteiger partial charge in [-0.05, 0) is 60.8 Å². The molecule has 3 aromatic carbocycles. The summed E-state index contributed by atoms with van der Waals surface area (Å²) in [4.78, 5) is 29.8.